The van der Waals surface area contributed by atoms with Crippen LogP contribution in [0.15, 0.2) is 144 Å². The highest BCUT2D eigenvalue weighted by atomic mass is 16.3. The molecular formula is C47H41NO. The van der Waals surface area contributed by atoms with Crippen molar-refractivity contribution < 1.29 is 4.42 Å². The van der Waals surface area contributed by atoms with E-state index in [0.717, 1.165) is 56.3 Å². The van der Waals surface area contributed by atoms with E-state index >= 15 is 0 Å². The fourth-order valence-electron chi connectivity index (χ4n) is 10.1. The fraction of sp³-hybridized carbons (Fsp3) is 0.234. The largest absolute Gasteiger partial charge is 0.455 e. The average Bonchev–Trinajstić information content (AvgIpc) is 3.68. The standard InChI is InChI=1S/C47H41NO/c1-2-15-35(16-3-1)48(36-25-23-33(24-26-36)38-19-11-20-41-40-18-5-7-22-45(40)49-46(38)41)37-27-28-44-42(31-37)39-17-4-6-21-43(39)47(44)29-9-8-12-32-13-10-14-34(47)30-32/h1-7,11,15-28,31-32,34H,8-10,12-14,29-30H2. The van der Waals surface area contributed by atoms with E-state index in [1.807, 2.05) is 6.07 Å². The van der Waals surface area contributed by atoms with Gasteiger partial charge in [0, 0.05) is 38.8 Å². The second-order valence-electron chi connectivity index (χ2n) is 14.7. The first-order chi connectivity index (χ1) is 24.3. The molecule has 2 heteroatoms. The summed E-state index contributed by atoms with van der Waals surface area (Å²) in [5.74, 6) is 1.63. The fourth-order valence-corrected chi connectivity index (χ4v) is 10.1. The van der Waals surface area contributed by atoms with Gasteiger partial charge in [0.05, 0.1) is 0 Å². The predicted octanol–water partition coefficient (Wildman–Crippen LogP) is 13.4. The van der Waals surface area contributed by atoms with Gasteiger partial charge in [-0.15, -0.1) is 0 Å². The quantitative estimate of drug-likeness (QED) is 0.191. The Kier molecular flexibility index (Phi) is 6.79. The number of furan rings is 1. The molecule has 2 nitrogen and oxygen atoms in total. The lowest BCUT2D eigenvalue weighted by atomic mass is 9.58. The molecule has 1 aromatic heterocycles. The lowest BCUT2D eigenvalue weighted by Crippen LogP contribution is -2.39. The van der Waals surface area contributed by atoms with Crippen LogP contribution in [0.1, 0.15) is 62.5 Å². The Bertz CT molecular complexity index is 2320. The van der Waals surface area contributed by atoms with Crippen LogP contribution in [0, 0.1) is 11.8 Å². The van der Waals surface area contributed by atoms with Crippen molar-refractivity contribution in [2.75, 3.05) is 4.90 Å². The van der Waals surface area contributed by atoms with Gasteiger partial charge in [-0.1, -0.05) is 129 Å². The summed E-state index contributed by atoms with van der Waals surface area (Å²) in [5, 5.41) is 2.32. The third kappa shape index (κ3) is 4.53. The highest BCUT2D eigenvalue weighted by Crippen LogP contribution is 2.60. The van der Waals surface area contributed by atoms with Crippen molar-refractivity contribution in [3.8, 4) is 22.3 Å². The minimum atomic E-state index is 0.139. The molecule has 0 radical (unpaired) electrons. The number of anilines is 3. The molecule has 2 bridgehead atoms. The maximum Gasteiger partial charge on any atom is 0.143 e. The van der Waals surface area contributed by atoms with Crippen molar-refractivity contribution in [2.24, 2.45) is 11.8 Å². The van der Waals surface area contributed by atoms with Crippen LogP contribution in [0.3, 0.4) is 0 Å². The average molecular weight is 636 g/mol. The molecule has 0 N–H and O–H groups in total. The summed E-state index contributed by atoms with van der Waals surface area (Å²) in [6, 6.07) is 51.5. The normalized spacial score (nSPS) is 21.3. The molecule has 6 aromatic carbocycles. The van der Waals surface area contributed by atoms with E-state index in [9.17, 15) is 0 Å². The third-order valence-electron chi connectivity index (χ3n) is 12.2. The van der Waals surface area contributed by atoms with E-state index in [2.05, 4.69) is 138 Å². The lowest BCUT2D eigenvalue weighted by Gasteiger charge is -2.46. The van der Waals surface area contributed by atoms with E-state index in [0.29, 0.717) is 0 Å². The second-order valence-corrected chi connectivity index (χ2v) is 14.7. The highest BCUT2D eigenvalue weighted by Gasteiger charge is 2.49. The molecular weight excluding hydrogens is 595 g/mol. The second kappa shape index (κ2) is 11.5. The first kappa shape index (κ1) is 28.9. The van der Waals surface area contributed by atoms with Gasteiger partial charge in [-0.2, -0.15) is 0 Å². The van der Waals surface area contributed by atoms with E-state index in [1.165, 1.54) is 68.2 Å². The summed E-state index contributed by atoms with van der Waals surface area (Å²) in [7, 11) is 0. The van der Waals surface area contributed by atoms with Crippen LogP contribution >= 0.6 is 0 Å². The molecule has 1 heterocycles. The summed E-state index contributed by atoms with van der Waals surface area (Å²) < 4.78 is 6.40. The van der Waals surface area contributed by atoms with Gasteiger partial charge in [0.25, 0.3) is 0 Å². The number of para-hydroxylation sites is 3. The SMILES string of the molecule is c1ccc(N(c2ccc(-c3cccc4c3oc3ccccc34)cc2)c2ccc3c(c2)-c2ccccc2C32CCCCC3CCCC2C3)cc1. The molecule has 2 saturated carbocycles. The van der Waals surface area contributed by atoms with E-state index in [4.69, 9.17) is 4.42 Å². The Hall–Kier alpha value is -5.08. The van der Waals surface area contributed by atoms with Crippen molar-refractivity contribution in [2.45, 2.75) is 56.8 Å². The van der Waals surface area contributed by atoms with Crippen molar-refractivity contribution in [1.29, 1.82) is 0 Å². The first-order valence-corrected chi connectivity index (χ1v) is 18.4. The maximum atomic E-state index is 6.40. The van der Waals surface area contributed by atoms with Crippen LogP contribution in [0.25, 0.3) is 44.2 Å². The molecule has 7 aromatic rings. The Labute approximate surface area is 289 Å². The van der Waals surface area contributed by atoms with Crippen molar-refractivity contribution in [3.05, 3.63) is 151 Å². The number of fused-ring (bicyclic) bond motifs is 11. The van der Waals surface area contributed by atoms with E-state index in [-0.39, 0.29) is 5.41 Å². The molecule has 2 fully saturated rings. The third-order valence-corrected chi connectivity index (χ3v) is 12.2. The molecule has 49 heavy (non-hydrogen) atoms. The molecule has 3 unspecified atom stereocenters. The topological polar surface area (TPSA) is 16.4 Å². The Morgan fingerprint density at radius 3 is 2.16 bits per heavy atom. The van der Waals surface area contributed by atoms with Gasteiger partial charge in [-0.05, 0) is 101 Å². The molecule has 3 atom stereocenters. The van der Waals surface area contributed by atoms with Crippen LogP contribution in [0.2, 0.25) is 0 Å². The molecule has 0 saturated heterocycles. The van der Waals surface area contributed by atoms with Gasteiger partial charge >= 0.3 is 0 Å². The lowest BCUT2D eigenvalue weighted by molar-refractivity contribution is 0.152. The van der Waals surface area contributed by atoms with Gasteiger partial charge in [-0.3, -0.25) is 0 Å². The smallest absolute Gasteiger partial charge is 0.143 e. The number of benzene rings is 6. The summed E-state index contributed by atoms with van der Waals surface area (Å²) in [6.07, 6.45) is 11.0. The van der Waals surface area contributed by atoms with Gasteiger partial charge in [0.15, 0.2) is 0 Å². The Morgan fingerprint density at radius 2 is 1.24 bits per heavy atom. The number of rotatable bonds is 4. The van der Waals surface area contributed by atoms with Gasteiger partial charge in [-0.25, -0.2) is 0 Å². The molecule has 240 valence electrons. The first-order valence-electron chi connectivity index (χ1n) is 18.4. The predicted molar refractivity (Wildman–Crippen MR) is 204 cm³/mol. The van der Waals surface area contributed by atoms with E-state index in [1.54, 1.807) is 11.1 Å². The summed E-state index contributed by atoms with van der Waals surface area (Å²) >= 11 is 0. The molecule has 0 amide bonds. The zero-order valence-electron chi connectivity index (χ0n) is 27.9. The van der Waals surface area contributed by atoms with Crippen LogP contribution < -0.4 is 4.90 Å². The molecule has 3 aliphatic carbocycles. The van der Waals surface area contributed by atoms with Crippen molar-refractivity contribution >= 4 is 39.0 Å². The Morgan fingerprint density at radius 1 is 0.531 bits per heavy atom. The van der Waals surface area contributed by atoms with E-state index < -0.39 is 0 Å². The van der Waals surface area contributed by atoms with Gasteiger partial charge < -0.3 is 9.32 Å². The van der Waals surface area contributed by atoms with Gasteiger partial charge in [0.1, 0.15) is 11.2 Å². The van der Waals surface area contributed by atoms with Gasteiger partial charge in [0.2, 0.25) is 0 Å². The number of hydrogen-bond acceptors (Lipinski definition) is 2. The maximum absolute atomic E-state index is 6.40. The molecule has 3 aliphatic rings. The van der Waals surface area contributed by atoms with Crippen LogP contribution in [-0.2, 0) is 5.41 Å². The minimum absolute atomic E-state index is 0.139. The summed E-state index contributed by atoms with van der Waals surface area (Å²) in [4.78, 5) is 2.42. The van der Waals surface area contributed by atoms with Crippen LogP contribution in [0.4, 0.5) is 17.1 Å². The highest BCUT2D eigenvalue weighted by molar-refractivity contribution is 6.09. The minimum Gasteiger partial charge on any atom is -0.455 e. The molecule has 1 spiro atoms. The summed E-state index contributed by atoms with van der Waals surface area (Å²) in [6.45, 7) is 0. The van der Waals surface area contributed by atoms with Crippen molar-refractivity contribution in [3.63, 3.8) is 0 Å². The molecule has 10 rings (SSSR count). The zero-order chi connectivity index (χ0) is 32.4. The number of hydrogen-bond donors (Lipinski definition) is 0. The Balaban J connectivity index is 1.09. The molecule has 0 aliphatic heterocycles. The summed E-state index contributed by atoms with van der Waals surface area (Å²) in [5.41, 5.74) is 13.9. The van der Waals surface area contributed by atoms with Crippen molar-refractivity contribution in [1.82, 2.24) is 0 Å². The number of nitrogens with zero attached hydrogens (tertiary/aromatic N) is 1. The zero-order valence-corrected chi connectivity index (χ0v) is 27.9. The van der Waals surface area contributed by atoms with Crippen LogP contribution in [0.5, 0.6) is 0 Å². The monoisotopic (exact) mass is 635 g/mol. The van der Waals surface area contributed by atoms with Crippen LogP contribution in [-0.4, -0.2) is 0 Å².